The standard InChI is InChI=1S/C20H12F4N2O3.C20H14F4N2O2/c1-10-7-15-16(29-20(23,24)28-15)8-12(10)11-5-6-17(25-9-11)26-19(27)18-13(21)3-2-4-14(18)22;1-11-7-17-18(28-20(23,24)27-17)8-13(11)12-5-6-19(25-9-12)26-10-14-15(21)3-2-4-16(14)22/h2-9H,1H3,(H,25,26,27);2-9H,10H2,1H3,(H,25,26)/i;10D2. The zero-order chi connectivity index (χ0) is 42.4. The highest BCUT2D eigenvalue weighted by molar-refractivity contribution is 6.04. The van der Waals surface area contributed by atoms with Crippen LogP contribution in [0.2, 0.25) is 0 Å². The van der Waals surface area contributed by atoms with E-state index in [9.17, 15) is 39.9 Å². The first kappa shape index (κ1) is 35.8. The van der Waals surface area contributed by atoms with E-state index in [1.165, 1.54) is 48.8 Å². The van der Waals surface area contributed by atoms with Crippen molar-refractivity contribution in [1.29, 1.82) is 0 Å². The van der Waals surface area contributed by atoms with E-state index >= 15 is 0 Å². The number of carbonyl (C=O) groups excluding carboxylic acids is 1. The van der Waals surface area contributed by atoms with Gasteiger partial charge in [0.25, 0.3) is 5.91 Å². The van der Waals surface area contributed by atoms with Crippen LogP contribution in [0.3, 0.4) is 0 Å². The van der Waals surface area contributed by atoms with Crippen LogP contribution in [-0.4, -0.2) is 28.5 Å². The van der Waals surface area contributed by atoms with E-state index < -0.39 is 59.4 Å². The highest BCUT2D eigenvalue weighted by atomic mass is 19.3. The number of rotatable bonds is 7. The second-order valence-corrected chi connectivity index (χ2v) is 12.3. The molecule has 4 aromatic carbocycles. The molecule has 0 spiro atoms. The molecule has 0 saturated carbocycles. The number of alkyl halides is 4. The number of carbonyl (C=O) groups is 1. The number of nitrogens with zero attached hydrogens (tertiary/aromatic N) is 2. The topological polar surface area (TPSA) is 104 Å². The zero-order valence-corrected chi connectivity index (χ0v) is 29.2. The normalized spacial score (nSPS) is 14.8. The van der Waals surface area contributed by atoms with Gasteiger partial charge in [0.15, 0.2) is 23.0 Å². The molecule has 0 atom stereocenters. The Morgan fingerprint density at radius 2 is 1.05 bits per heavy atom. The fourth-order valence-electron chi connectivity index (χ4n) is 5.71. The van der Waals surface area contributed by atoms with Crippen molar-refractivity contribution in [1.82, 2.24) is 9.97 Å². The molecule has 4 heterocycles. The first-order valence-corrected chi connectivity index (χ1v) is 16.5. The number of fused-ring (bicyclic) bond motifs is 2. The van der Waals surface area contributed by atoms with E-state index in [0.29, 0.717) is 33.4 Å². The molecule has 9 nitrogen and oxygen atoms in total. The molecule has 2 aromatic heterocycles. The van der Waals surface area contributed by atoms with Gasteiger partial charge >= 0.3 is 12.6 Å². The molecule has 1 amide bonds. The van der Waals surface area contributed by atoms with Gasteiger partial charge in [0.1, 0.15) is 40.5 Å². The summed E-state index contributed by atoms with van der Waals surface area (Å²) in [6.45, 7) is 0.831. The Morgan fingerprint density at radius 3 is 1.49 bits per heavy atom. The van der Waals surface area contributed by atoms with Crippen LogP contribution in [0.4, 0.5) is 46.8 Å². The first-order chi connectivity index (χ1) is 27.8. The Morgan fingerprint density at radius 1 is 0.632 bits per heavy atom. The lowest BCUT2D eigenvalue weighted by atomic mass is 10.0. The molecule has 0 radical (unpaired) electrons. The van der Waals surface area contributed by atoms with E-state index in [-0.39, 0.29) is 34.6 Å². The highest BCUT2D eigenvalue weighted by Gasteiger charge is 2.44. The molecule has 17 heteroatoms. The average Bonchev–Trinajstić information content (AvgIpc) is 3.62. The third-order valence-electron chi connectivity index (χ3n) is 8.36. The lowest BCUT2D eigenvalue weighted by Crippen LogP contribution is -2.25. The summed E-state index contributed by atoms with van der Waals surface area (Å²) in [5.41, 5.74) is 2.00. The van der Waals surface area contributed by atoms with Crippen LogP contribution in [0.15, 0.2) is 97.3 Å². The summed E-state index contributed by atoms with van der Waals surface area (Å²) in [5, 5.41) is 4.67. The van der Waals surface area contributed by atoms with Crippen LogP contribution in [0.1, 0.15) is 29.8 Å². The van der Waals surface area contributed by atoms with Crippen LogP contribution in [0.25, 0.3) is 22.3 Å². The van der Waals surface area contributed by atoms with Crippen molar-refractivity contribution >= 4 is 17.5 Å². The molecule has 8 rings (SSSR count). The number of hydrogen-bond acceptors (Lipinski definition) is 8. The lowest BCUT2D eigenvalue weighted by molar-refractivity contribution is -0.287. The number of benzene rings is 4. The number of pyridine rings is 2. The van der Waals surface area contributed by atoms with Gasteiger partial charge in [0.05, 0.1) is 2.74 Å². The molecule has 0 saturated heterocycles. The van der Waals surface area contributed by atoms with Crippen molar-refractivity contribution in [3.05, 3.63) is 143 Å². The molecular formula is C40H26F8N4O5. The molecule has 0 aliphatic carbocycles. The highest BCUT2D eigenvalue weighted by Crippen LogP contribution is 2.45. The van der Waals surface area contributed by atoms with Crippen molar-refractivity contribution in [2.24, 2.45) is 0 Å². The summed E-state index contributed by atoms with van der Waals surface area (Å²) in [6, 6.07) is 17.7. The summed E-state index contributed by atoms with van der Waals surface area (Å²) in [7, 11) is 0. The summed E-state index contributed by atoms with van der Waals surface area (Å²) in [4.78, 5) is 20.2. The fraction of sp³-hybridized carbons (Fsp3) is 0.125. The van der Waals surface area contributed by atoms with Gasteiger partial charge in [0.2, 0.25) is 0 Å². The number of anilines is 2. The predicted molar refractivity (Wildman–Crippen MR) is 189 cm³/mol. The molecule has 2 aliphatic heterocycles. The number of amides is 1. The molecular weight excluding hydrogens is 768 g/mol. The van der Waals surface area contributed by atoms with E-state index in [1.807, 2.05) is 0 Å². The van der Waals surface area contributed by atoms with Crippen LogP contribution in [-0.2, 0) is 6.50 Å². The van der Waals surface area contributed by atoms with Gasteiger partial charge in [-0.25, -0.2) is 27.5 Å². The van der Waals surface area contributed by atoms with Crippen molar-refractivity contribution in [2.75, 3.05) is 10.6 Å². The second kappa shape index (κ2) is 15.0. The number of hydrogen-bond donors (Lipinski definition) is 2. The van der Waals surface area contributed by atoms with Crippen LogP contribution in [0, 0.1) is 37.1 Å². The van der Waals surface area contributed by atoms with Crippen molar-refractivity contribution in [3.63, 3.8) is 0 Å². The van der Waals surface area contributed by atoms with Crippen molar-refractivity contribution in [2.45, 2.75) is 32.9 Å². The van der Waals surface area contributed by atoms with Crippen LogP contribution < -0.4 is 29.6 Å². The molecule has 0 unspecified atom stereocenters. The molecule has 6 aromatic rings. The Hall–Kier alpha value is -6.91. The Labute approximate surface area is 320 Å². The van der Waals surface area contributed by atoms with E-state index in [2.05, 4.69) is 39.5 Å². The zero-order valence-electron chi connectivity index (χ0n) is 31.2. The Bertz CT molecular complexity index is 2560. The Balaban J connectivity index is 0.000000179. The van der Waals surface area contributed by atoms with E-state index in [1.54, 1.807) is 26.0 Å². The maximum Gasteiger partial charge on any atom is 0.586 e. The maximum absolute atomic E-state index is 13.9. The summed E-state index contributed by atoms with van der Waals surface area (Å²) in [6.07, 6.45) is -4.69. The van der Waals surface area contributed by atoms with Gasteiger partial charge in [-0.2, -0.15) is 0 Å². The molecule has 292 valence electrons. The van der Waals surface area contributed by atoms with Gasteiger partial charge in [0, 0.05) is 35.6 Å². The fourth-order valence-corrected chi connectivity index (χ4v) is 5.71. The third kappa shape index (κ3) is 8.36. The van der Waals surface area contributed by atoms with Gasteiger partial charge in [-0.3, -0.25) is 4.79 Å². The van der Waals surface area contributed by atoms with E-state index in [4.69, 9.17) is 2.74 Å². The predicted octanol–water partition coefficient (Wildman–Crippen LogP) is 10.2. The van der Waals surface area contributed by atoms with Crippen molar-refractivity contribution < 1.29 is 61.6 Å². The summed E-state index contributed by atoms with van der Waals surface area (Å²) in [5.74, 6) is -5.32. The van der Waals surface area contributed by atoms with E-state index in [0.717, 1.165) is 36.4 Å². The van der Waals surface area contributed by atoms with Gasteiger partial charge in [-0.15, -0.1) is 17.6 Å². The monoisotopic (exact) mass is 796 g/mol. The number of ether oxygens (including phenoxy) is 4. The molecule has 57 heavy (non-hydrogen) atoms. The smallest absolute Gasteiger partial charge is 0.395 e. The minimum absolute atomic E-state index is 0.0244. The first-order valence-electron chi connectivity index (χ1n) is 17.5. The lowest BCUT2D eigenvalue weighted by Gasteiger charge is -2.10. The minimum atomic E-state index is -3.73. The summed E-state index contributed by atoms with van der Waals surface area (Å²) >= 11 is 0. The maximum atomic E-state index is 13.9. The molecule has 0 fully saturated rings. The molecule has 0 bridgehead atoms. The molecule has 2 aliphatic rings. The third-order valence-corrected chi connectivity index (χ3v) is 8.36. The number of aromatic nitrogens is 2. The van der Waals surface area contributed by atoms with Crippen LogP contribution >= 0.6 is 0 Å². The Kier molecular flexibility index (Phi) is 9.39. The van der Waals surface area contributed by atoms with Crippen molar-refractivity contribution in [3.8, 4) is 45.3 Å². The van der Waals surface area contributed by atoms with Gasteiger partial charge in [-0.05, 0) is 109 Å². The quantitative estimate of drug-likeness (QED) is 0.154. The van der Waals surface area contributed by atoms with Gasteiger partial charge in [-0.1, -0.05) is 12.1 Å². The SMILES string of the molecule is Cc1cc2c(cc1-c1ccc(NC(=O)c3c(F)cccc3F)nc1)OC(F)(F)O2.[2H]C([2H])(Nc1ccc(-c2cc3c(cc2C)OC(F)(F)O3)cn1)c1c(F)cccc1F. The number of halogens is 8. The number of aryl methyl sites for hydroxylation is 2. The van der Waals surface area contributed by atoms with Gasteiger partial charge < -0.3 is 29.6 Å². The average molecular weight is 797 g/mol. The minimum Gasteiger partial charge on any atom is -0.395 e. The largest absolute Gasteiger partial charge is 0.586 e. The van der Waals surface area contributed by atoms with Crippen LogP contribution in [0.5, 0.6) is 23.0 Å². The second-order valence-electron chi connectivity index (χ2n) is 12.3. The summed E-state index contributed by atoms with van der Waals surface area (Å²) < 4.78 is 142. The molecule has 2 N–H and O–H groups in total. The number of nitrogens with one attached hydrogen (secondary N) is 2.